The first-order chi connectivity index (χ1) is 18.4. The molecule has 0 atom stereocenters. The maximum Gasteiger partial charge on any atom is 0.146 e. The van der Waals surface area contributed by atoms with Crippen LogP contribution in [-0.4, -0.2) is 4.57 Å². The molecule has 0 radical (unpaired) electrons. The van der Waals surface area contributed by atoms with Gasteiger partial charge in [0.05, 0.1) is 16.4 Å². The standard InChI is InChI=1S/C34H19NOS/c1-2-11-23-22(10-1)31-25-13-4-7-15-28(25)36-34(31)32-24-12-3-6-14-27(24)35(33(23)32)20-17-18-30-26(19-20)21-9-5-8-16-29(21)37-30/h1-19H. The van der Waals surface area contributed by atoms with Gasteiger partial charge in [-0.05, 0) is 41.8 Å². The van der Waals surface area contributed by atoms with E-state index >= 15 is 0 Å². The van der Waals surface area contributed by atoms with Crippen LogP contribution in [0, 0.1) is 0 Å². The Morgan fingerprint density at radius 1 is 0.514 bits per heavy atom. The molecule has 172 valence electrons. The number of rotatable bonds is 1. The summed E-state index contributed by atoms with van der Waals surface area (Å²) in [5, 5.41) is 9.83. The lowest BCUT2D eigenvalue weighted by Gasteiger charge is -2.11. The van der Waals surface area contributed by atoms with E-state index in [2.05, 4.69) is 114 Å². The van der Waals surface area contributed by atoms with E-state index in [0.717, 1.165) is 11.2 Å². The molecular weight excluding hydrogens is 470 g/mol. The maximum atomic E-state index is 6.63. The summed E-state index contributed by atoms with van der Waals surface area (Å²) in [7, 11) is 0. The Morgan fingerprint density at radius 3 is 2.08 bits per heavy atom. The van der Waals surface area contributed by atoms with Gasteiger partial charge in [0.25, 0.3) is 0 Å². The summed E-state index contributed by atoms with van der Waals surface area (Å²) in [5.41, 5.74) is 5.45. The van der Waals surface area contributed by atoms with E-state index in [0.29, 0.717) is 0 Å². The van der Waals surface area contributed by atoms with Gasteiger partial charge in [-0.3, -0.25) is 0 Å². The van der Waals surface area contributed by atoms with Crippen molar-refractivity contribution in [2.75, 3.05) is 0 Å². The van der Waals surface area contributed by atoms with Crippen molar-refractivity contribution in [3.8, 4) is 5.69 Å². The van der Waals surface area contributed by atoms with Gasteiger partial charge in [-0.2, -0.15) is 0 Å². The molecule has 0 bridgehead atoms. The molecule has 37 heavy (non-hydrogen) atoms. The molecule has 0 N–H and O–H groups in total. The third-order valence-corrected chi connectivity index (χ3v) is 8.92. The van der Waals surface area contributed by atoms with Crippen LogP contribution in [0.1, 0.15) is 0 Å². The van der Waals surface area contributed by atoms with Crippen molar-refractivity contribution in [1.29, 1.82) is 0 Å². The van der Waals surface area contributed by atoms with Crippen LogP contribution in [-0.2, 0) is 0 Å². The summed E-state index contributed by atoms with van der Waals surface area (Å²) in [5.74, 6) is 0. The predicted octanol–water partition coefficient (Wildman–Crippen LogP) is 10.2. The minimum Gasteiger partial charge on any atom is -0.455 e. The van der Waals surface area contributed by atoms with Gasteiger partial charge >= 0.3 is 0 Å². The lowest BCUT2D eigenvalue weighted by Crippen LogP contribution is -1.94. The number of furan rings is 1. The SMILES string of the molecule is c1ccc2c(c1)oc1c2c2ccccc2c2c1c1ccccc1n2-c1ccc2sc3ccccc3c2c1. The lowest BCUT2D eigenvalue weighted by atomic mass is 9.99. The molecular formula is C34H19NOS. The molecule has 0 amide bonds. The van der Waals surface area contributed by atoms with Crippen molar-refractivity contribution >= 4 is 86.0 Å². The fourth-order valence-electron chi connectivity index (χ4n) is 6.24. The van der Waals surface area contributed by atoms with Crippen molar-refractivity contribution < 1.29 is 4.42 Å². The molecule has 0 fully saturated rings. The summed E-state index contributed by atoms with van der Waals surface area (Å²) < 4.78 is 11.7. The monoisotopic (exact) mass is 489 g/mol. The number of para-hydroxylation sites is 2. The van der Waals surface area contributed by atoms with Gasteiger partial charge in [0, 0.05) is 47.4 Å². The zero-order valence-electron chi connectivity index (χ0n) is 19.7. The number of nitrogens with zero attached hydrogens (tertiary/aromatic N) is 1. The quantitative estimate of drug-likeness (QED) is 0.224. The summed E-state index contributed by atoms with van der Waals surface area (Å²) in [6.07, 6.45) is 0. The van der Waals surface area contributed by atoms with Crippen LogP contribution in [0.3, 0.4) is 0 Å². The highest BCUT2D eigenvalue weighted by atomic mass is 32.1. The number of hydrogen-bond acceptors (Lipinski definition) is 2. The first kappa shape index (κ1) is 19.6. The highest BCUT2D eigenvalue weighted by Gasteiger charge is 2.22. The van der Waals surface area contributed by atoms with E-state index in [1.165, 1.54) is 69.2 Å². The molecule has 3 heteroatoms. The van der Waals surface area contributed by atoms with Crippen LogP contribution in [0.25, 0.3) is 80.4 Å². The average molecular weight is 490 g/mol. The maximum absolute atomic E-state index is 6.63. The van der Waals surface area contributed by atoms with Gasteiger partial charge in [-0.15, -0.1) is 11.3 Å². The second-order valence-electron chi connectivity index (χ2n) is 9.70. The molecule has 9 rings (SSSR count). The van der Waals surface area contributed by atoms with Crippen LogP contribution in [0.4, 0.5) is 0 Å². The van der Waals surface area contributed by atoms with E-state index in [1.807, 2.05) is 17.4 Å². The van der Waals surface area contributed by atoms with Crippen molar-refractivity contribution in [2.24, 2.45) is 0 Å². The van der Waals surface area contributed by atoms with Crippen molar-refractivity contribution in [3.05, 3.63) is 115 Å². The second kappa shape index (κ2) is 7.00. The number of benzene rings is 6. The molecule has 0 saturated carbocycles. The Hall–Kier alpha value is -4.60. The van der Waals surface area contributed by atoms with Gasteiger partial charge in [0.15, 0.2) is 0 Å². The summed E-state index contributed by atoms with van der Waals surface area (Å²) in [4.78, 5) is 0. The van der Waals surface area contributed by atoms with Crippen LogP contribution in [0.5, 0.6) is 0 Å². The van der Waals surface area contributed by atoms with Crippen molar-refractivity contribution in [1.82, 2.24) is 4.57 Å². The minimum absolute atomic E-state index is 0.929. The first-order valence-corrected chi connectivity index (χ1v) is 13.4. The van der Waals surface area contributed by atoms with Crippen LogP contribution < -0.4 is 0 Å². The van der Waals surface area contributed by atoms with E-state index in [9.17, 15) is 0 Å². The molecule has 9 aromatic rings. The zero-order valence-corrected chi connectivity index (χ0v) is 20.5. The van der Waals surface area contributed by atoms with E-state index in [1.54, 1.807) is 0 Å². The minimum atomic E-state index is 0.929. The van der Waals surface area contributed by atoms with Crippen molar-refractivity contribution in [3.63, 3.8) is 0 Å². The zero-order chi connectivity index (χ0) is 24.1. The Bertz CT molecular complexity index is 2370. The first-order valence-electron chi connectivity index (χ1n) is 12.5. The molecule has 3 heterocycles. The number of thiophene rings is 1. The van der Waals surface area contributed by atoms with E-state index < -0.39 is 0 Å². The summed E-state index contributed by atoms with van der Waals surface area (Å²) >= 11 is 1.86. The topological polar surface area (TPSA) is 18.1 Å². The highest BCUT2D eigenvalue weighted by molar-refractivity contribution is 7.25. The van der Waals surface area contributed by atoms with Crippen LogP contribution in [0.2, 0.25) is 0 Å². The van der Waals surface area contributed by atoms with Crippen LogP contribution in [0.15, 0.2) is 120 Å². The Kier molecular flexibility index (Phi) is 3.70. The molecule has 0 spiro atoms. The number of hydrogen-bond donors (Lipinski definition) is 0. The third-order valence-electron chi connectivity index (χ3n) is 7.77. The number of aromatic nitrogens is 1. The molecule has 0 aliphatic rings. The predicted molar refractivity (Wildman–Crippen MR) is 158 cm³/mol. The summed E-state index contributed by atoms with van der Waals surface area (Å²) in [6, 6.07) is 41.5. The Balaban J connectivity index is 1.54. The van der Waals surface area contributed by atoms with Gasteiger partial charge in [-0.1, -0.05) is 78.9 Å². The fourth-order valence-corrected chi connectivity index (χ4v) is 7.33. The lowest BCUT2D eigenvalue weighted by molar-refractivity contribution is 0.673. The fraction of sp³-hybridized carbons (Fsp3) is 0. The molecule has 0 saturated heterocycles. The van der Waals surface area contributed by atoms with E-state index in [-0.39, 0.29) is 0 Å². The molecule has 3 aromatic heterocycles. The Morgan fingerprint density at radius 2 is 1.19 bits per heavy atom. The second-order valence-corrected chi connectivity index (χ2v) is 10.8. The molecule has 0 unspecified atom stereocenters. The van der Waals surface area contributed by atoms with Gasteiger partial charge in [-0.25, -0.2) is 0 Å². The molecule has 0 aliphatic carbocycles. The third kappa shape index (κ3) is 2.49. The highest BCUT2D eigenvalue weighted by Crippen LogP contribution is 2.46. The van der Waals surface area contributed by atoms with Gasteiger partial charge in [0.1, 0.15) is 11.2 Å². The average Bonchev–Trinajstić information content (AvgIpc) is 3.62. The summed E-state index contributed by atoms with van der Waals surface area (Å²) in [6.45, 7) is 0. The van der Waals surface area contributed by atoms with E-state index in [4.69, 9.17) is 4.42 Å². The normalized spacial score (nSPS) is 12.3. The number of fused-ring (bicyclic) bond motifs is 13. The van der Waals surface area contributed by atoms with Crippen molar-refractivity contribution in [2.45, 2.75) is 0 Å². The van der Waals surface area contributed by atoms with Gasteiger partial charge < -0.3 is 8.98 Å². The molecule has 6 aromatic carbocycles. The molecule has 2 nitrogen and oxygen atoms in total. The largest absolute Gasteiger partial charge is 0.455 e. The van der Waals surface area contributed by atoms with Gasteiger partial charge in [0.2, 0.25) is 0 Å². The molecule has 0 aliphatic heterocycles. The smallest absolute Gasteiger partial charge is 0.146 e. The van der Waals surface area contributed by atoms with Crippen LogP contribution >= 0.6 is 11.3 Å². The Labute approximate surface area is 215 Å².